The quantitative estimate of drug-likeness (QED) is 0.777. The minimum Gasteiger partial charge on any atom is -0.297 e. The third-order valence-electron chi connectivity index (χ3n) is 3.43. The summed E-state index contributed by atoms with van der Waals surface area (Å²) in [5.74, 6) is -0.257. The summed E-state index contributed by atoms with van der Waals surface area (Å²) in [6.07, 6.45) is 1.72. The Labute approximate surface area is 131 Å². The Bertz CT molecular complexity index is 844. The zero-order valence-corrected chi connectivity index (χ0v) is 13.6. The number of hydrogen-bond acceptors (Lipinski definition) is 5. The van der Waals surface area contributed by atoms with E-state index in [0.29, 0.717) is 16.5 Å². The van der Waals surface area contributed by atoms with Crippen LogP contribution >= 0.6 is 11.3 Å². The second-order valence-electron chi connectivity index (χ2n) is 5.07. The molecule has 1 amide bonds. The van der Waals surface area contributed by atoms with Gasteiger partial charge >= 0.3 is 0 Å². The molecule has 3 rings (SSSR count). The summed E-state index contributed by atoms with van der Waals surface area (Å²) in [4.78, 5) is 17.4. The van der Waals surface area contributed by atoms with Crippen LogP contribution in [0.1, 0.15) is 26.8 Å². The fraction of sp³-hybridized carbons (Fsp3) is 0.286. The molecule has 0 aliphatic rings. The maximum atomic E-state index is 12.2. The van der Waals surface area contributed by atoms with Gasteiger partial charge in [0, 0.05) is 29.4 Å². The van der Waals surface area contributed by atoms with E-state index in [0.717, 1.165) is 21.8 Å². The van der Waals surface area contributed by atoms with Gasteiger partial charge in [-0.15, -0.1) is 11.3 Å². The smallest absolute Gasteiger partial charge is 0.275 e. The Morgan fingerprint density at radius 1 is 1.36 bits per heavy atom. The van der Waals surface area contributed by atoms with Crippen molar-refractivity contribution in [2.75, 3.05) is 5.32 Å². The Hall–Kier alpha value is -2.48. The lowest BCUT2D eigenvalue weighted by Gasteiger charge is -1.97. The highest BCUT2D eigenvalue weighted by Crippen LogP contribution is 2.25. The summed E-state index contributed by atoms with van der Waals surface area (Å²) in [5, 5.41) is 14.7. The molecule has 114 valence electrons. The van der Waals surface area contributed by atoms with Crippen molar-refractivity contribution in [3.05, 3.63) is 34.2 Å². The topological polar surface area (TPSA) is 88.5 Å². The third kappa shape index (κ3) is 2.52. The summed E-state index contributed by atoms with van der Waals surface area (Å²) in [6, 6.07) is 1.73. The Morgan fingerprint density at radius 3 is 2.73 bits per heavy atom. The number of anilines is 1. The van der Waals surface area contributed by atoms with E-state index in [1.165, 1.54) is 11.3 Å². The average molecular weight is 316 g/mol. The number of nitrogens with zero attached hydrogens (tertiary/aromatic N) is 4. The van der Waals surface area contributed by atoms with Crippen molar-refractivity contribution in [1.29, 1.82) is 0 Å². The molecule has 3 aromatic rings. The van der Waals surface area contributed by atoms with Gasteiger partial charge in [0.05, 0.1) is 11.4 Å². The van der Waals surface area contributed by atoms with Crippen LogP contribution in [0.15, 0.2) is 12.3 Å². The molecule has 0 aliphatic heterocycles. The minimum absolute atomic E-state index is 0.257. The molecule has 7 nitrogen and oxygen atoms in total. The first-order chi connectivity index (χ1) is 10.5. The number of aryl methyl sites for hydroxylation is 3. The molecule has 0 aromatic carbocycles. The van der Waals surface area contributed by atoms with Crippen LogP contribution in [-0.2, 0) is 7.05 Å². The molecule has 8 heteroatoms. The van der Waals surface area contributed by atoms with Gasteiger partial charge in [-0.2, -0.15) is 10.2 Å². The van der Waals surface area contributed by atoms with Gasteiger partial charge in [-0.25, -0.2) is 4.98 Å². The summed E-state index contributed by atoms with van der Waals surface area (Å²) in [5.41, 5.74) is 3.94. The van der Waals surface area contributed by atoms with Gasteiger partial charge in [-0.05, 0) is 26.8 Å². The average Bonchev–Trinajstić information content (AvgIpc) is 3.13. The number of aromatic amines is 1. The molecule has 0 atom stereocenters. The molecular weight excluding hydrogens is 300 g/mol. The van der Waals surface area contributed by atoms with E-state index in [2.05, 4.69) is 25.6 Å². The molecule has 22 heavy (non-hydrogen) atoms. The number of amides is 1. The lowest BCUT2D eigenvalue weighted by molar-refractivity contribution is 0.102. The van der Waals surface area contributed by atoms with Crippen molar-refractivity contribution in [3.8, 4) is 11.3 Å². The van der Waals surface area contributed by atoms with Crippen LogP contribution in [0.5, 0.6) is 0 Å². The van der Waals surface area contributed by atoms with E-state index < -0.39 is 0 Å². The third-order valence-corrected chi connectivity index (χ3v) is 4.26. The van der Waals surface area contributed by atoms with Crippen molar-refractivity contribution < 1.29 is 4.79 Å². The van der Waals surface area contributed by atoms with E-state index in [9.17, 15) is 4.79 Å². The van der Waals surface area contributed by atoms with Gasteiger partial charge < -0.3 is 0 Å². The van der Waals surface area contributed by atoms with E-state index in [-0.39, 0.29) is 5.91 Å². The maximum absolute atomic E-state index is 12.2. The van der Waals surface area contributed by atoms with E-state index in [4.69, 9.17) is 0 Å². The Kier molecular flexibility index (Phi) is 3.53. The summed E-state index contributed by atoms with van der Waals surface area (Å²) < 4.78 is 1.80. The molecule has 3 aromatic heterocycles. The first-order valence-corrected chi connectivity index (χ1v) is 7.57. The highest BCUT2D eigenvalue weighted by atomic mass is 32.1. The number of hydrogen-bond donors (Lipinski definition) is 2. The number of rotatable bonds is 3. The molecule has 0 unspecified atom stereocenters. The fourth-order valence-electron chi connectivity index (χ4n) is 2.29. The van der Waals surface area contributed by atoms with Crippen LogP contribution in [0.4, 0.5) is 5.13 Å². The van der Waals surface area contributed by atoms with E-state index >= 15 is 0 Å². The van der Waals surface area contributed by atoms with Crippen LogP contribution in [0.2, 0.25) is 0 Å². The second-order valence-corrected chi connectivity index (χ2v) is 6.30. The van der Waals surface area contributed by atoms with Gasteiger partial charge in [-0.3, -0.25) is 19.9 Å². The van der Waals surface area contributed by atoms with E-state index in [1.54, 1.807) is 16.9 Å². The van der Waals surface area contributed by atoms with Crippen molar-refractivity contribution in [1.82, 2.24) is 25.0 Å². The van der Waals surface area contributed by atoms with Gasteiger partial charge in [0.15, 0.2) is 5.13 Å². The SMILES string of the molecule is Cc1cnc(NC(=O)c2cc(-c3c(C)nn(C)c3C)n[nH]2)s1. The molecule has 2 N–H and O–H groups in total. The number of aromatic nitrogens is 5. The van der Waals surface area contributed by atoms with Crippen LogP contribution in [-0.4, -0.2) is 30.9 Å². The summed E-state index contributed by atoms with van der Waals surface area (Å²) in [6.45, 7) is 5.84. The molecule has 0 fully saturated rings. The van der Waals surface area contributed by atoms with Gasteiger partial charge in [0.1, 0.15) is 5.69 Å². The summed E-state index contributed by atoms with van der Waals surface area (Å²) in [7, 11) is 1.89. The van der Waals surface area contributed by atoms with Crippen molar-refractivity contribution in [3.63, 3.8) is 0 Å². The maximum Gasteiger partial charge on any atom is 0.275 e. The molecular formula is C14H16N6OS. The summed E-state index contributed by atoms with van der Waals surface area (Å²) >= 11 is 1.43. The number of carbonyl (C=O) groups excluding carboxylic acids is 1. The second kappa shape index (κ2) is 5.38. The number of nitrogens with one attached hydrogen (secondary N) is 2. The van der Waals surface area contributed by atoms with Crippen molar-refractivity contribution >= 4 is 22.4 Å². The molecule has 0 bridgehead atoms. The first kappa shape index (κ1) is 14.5. The highest BCUT2D eigenvalue weighted by Gasteiger charge is 2.17. The lowest BCUT2D eigenvalue weighted by Crippen LogP contribution is -2.11. The lowest BCUT2D eigenvalue weighted by atomic mass is 10.1. The Balaban J connectivity index is 1.85. The monoisotopic (exact) mass is 316 g/mol. The predicted octanol–water partition coefficient (Wildman–Crippen LogP) is 2.44. The molecule has 0 spiro atoms. The van der Waals surface area contributed by atoms with Crippen LogP contribution in [0.3, 0.4) is 0 Å². The largest absolute Gasteiger partial charge is 0.297 e. The van der Waals surface area contributed by atoms with E-state index in [1.807, 2.05) is 27.8 Å². The first-order valence-electron chi connectivity index (χ1n) is 6.75. The highest BCUT2D eigenvalue weighted by molar-refractivity contribution is 7.15. The molecule has 3 heterocycles. The van der Waals surface area contributed by atoms with Crippen LogP contribution < -0.4 is 5.32 Å². The van der Waals surface area contributed by atoms with Gasteiger partial charge in [0.25, 0.3) is 5.91 Å². The molecule has 0 saturated heterocycles. The number of thiazole rings is 1. The number of carbonyl (C=O) groups is 1. The Morgan fingerprint density at radius 2 is 2.14 bits per heavy atom. The van der Waals surface area contributed by atoms with Gasteiger partial charge in [0.2, 0.25) is 0 Å². The zero-order valence-electron chi connectivity index (χ0n) is 12.8. The standard InChI is InChI=1S/C14H16N6OS/c1-7-6-15-14(22-7)16-13(21)11-5-10(17-18-11)12-8(2)19-20(4)9(12)3/h5-6H,1-4H3,(H,17,18)(H,15,16,21). The van der Waals surface area contributed by atoms with Crippen LogP contribution in [0.25, 0.3) is 11.3 Å². The molecule has 0 radical (unpaired) electrons. The fourth-order valence-corrected chi connectivity index (χ4v) is 2.95. The normalized spacial score (nSPS) is 10.9. The molecule has 0 saturated carbocycles. The number of H-pyrrole nitrogens is 1. The zero-order chi connectivity index (χ0) is 15.9. The molecule has 0 aliphatic carbocycles. The van der Waals surface area contributed by atoms with Crippen LogP contribution in [0, 0.1) is 20.8 Å². The minimum atomic E-state index is -0.257. The van der Waals surface area contributed by atoms with Gasteiger partial charge in [-0.1, -0.05) is 0 Å². The van der Waals surface area contributed by atoms with Crippen molar-refractivity contribution in [2.45, 2.75) is 20.8 Å². The predicted molar refractivity (Wildman–Crippen MR) is 85.1 cm³/mol. The van der Waals surface area contributed by atoms with Crippen molar-refractivity contribution in [2.24, 2.45) is 7.05 Å².